The van der Waals surface area contributed by atoms with Crippen LogP contribution in [0.2, 0.25) is 0 Å². The highest BCUT2D eigenvalue weighted by atomic mass is 16.2. The number of hydrogen-bond donors (Lipinski definition) is 3. The van der Waals surface area contributed by atoms with E-state index >= 15 is 0 Å². The van der Waals surface area contributed by atoms with Gasteiger partial charge in [-0.25, -0.2) is 0 Å². The van der Waals surface area contributed by atoms with Crippen molar-refractivity contribution >= 4 is 17.5 Å². The molecule has 5 nitrogen and oxygen atoms in total. The molecule has 2 aromatic rings. The van der Waals surface area contributed by atoms with Gasteiger partial charge in [-0.3, -0.25) is 9.59 Å². The second-order valence-corrected chi connectivity index (χ2v) is 5.65. The van der Waals surface area contributed by atoms with Crippen LogP contribution in [-0.4, -0.2) is 18.4 Å². The molecule has 126 valence electrons. The van der Waals surface area contributed by atoms with E-state index in [-0.39, 0.29) is 23.8 Å². The van der Waals surface area contributed by atoms with E-state index in [2.05, 4.69) is 10.6 Å². The lowest BCUT2D eigenvalue weighted by molar-refractivity contribution is -0.120. The van der Waals surface area contributed by atoms with E-state index in [4.69, 9.17) is 5.73 Å². The predicted molar refractivity (Wildman–Crippen MR) is 95.6 cm³/mol. The Kier molecular flexibility index (Phi) is 6.09. The van der Waals surface area contributed by atoms with Crippen molar-refractivity contribution < 1.29 is 9.59 Å². The summed E-state index contributed by atoms with van der Waals surface area (Å²) in [5.74, 6) is -0.664. The molecule has 5 heteroatoms. The van der Waals surface area contributed by atoms with Gasteiger partial charge in [0.2, 0.25) is 5.91 Å². The van der Waals surface area contributed by atoms with E-state index in [1.54, 1.807) is 31.2 Å². The van der Waals surface area contributed by atoms with Crippen molar-refractivity contribution in [2.45, 2.75) is 19.9 Å². The van der Waals surface area contributed by atoms with Crippen LogP contribution in [0, 0.1) is 5.92 Å². The average Bonchev–Trinajstić information content (AvgIpc) is 2.62. The lowest BCUT2D eigenvalue weighted by Gasteiger charge is -2.20. The first-order valence-corrected chi connectivity index (χ1v) is 8.02. The molecule has 0 aliphatic rings. The second kappa shape index (κ2) is 8.26. The van der Waals surface area contributed by atoms with Gasteiger partial charge in [-0.05, 0) is 36.8 Å². The number of nitrogens with two attached hydrogens (primary N) is 1. The molecule has 0 aromatic heterocycles. The van der Waals surface area contributed by atoms with Crippen LogP contribution in [0.25, 0.3) is 0 Å². The van der Waals surface area contributed by atoms with Crippen LogP contribution in [0.4, 0.5) is 5.69 Å². The standard InChI is InChI=1S/C19H23N3O2/c1-3-21-19(24)15-9-11-16(12-10-15)22-18(23)13(2)17(20)14-7-5-4-6-8-14/h4-13,17H,3,20H2,1-2H3,(H,21,24)(H,22,23). The highest BCUT2D eigenvalue weighted by Crippen LogP contribution is 2.21. The molecule has 2 aromatic carbocycles. The number of nitrogens with one attached hydrogen (secondary N) is 2. The summed E-state index contributed by atoms with van der Waals surface area (Å²) in [7, 11) is 0. The fourth-order valence-corrected chi connectivity index (χ4v) is 2.35. The second-order valence-electron chi connectivity index (χ2n) is 5.65. The number of hydrogen-bond acceptors (Lipinski definition) is 3. The molecule has 4 N–H and O–H groups in total. The topological polar surface area (TPSA) is 84.2 Å². The highest BCUT2D eigenvalue weighted by Gasteiger charge is 2.22. The summed E-state index contributed by atoms with van der Waals surface area (Å²) < 4.78 is 0. The van der Waals surface area contributed by atoms with E-state index in [1.807, 2.05) is 37.3 Å². The Hall–Kier alpha value is -2.66. The van der Waals surface area contributed by atoms with Crippen molar-refractivity contribution in [1.82, 2.24) is 5.32 Å². The third-order valence-electron chi connectivity index (χ3n) is 3.89. The molecule has 2 rings (SSSR count). The molecule has 0 aliphatic carbocycles. The fraction of sp³-hybridized carbons (Fsp3) is 0.263. The van der Waals surface area contributed by atoms with Gasteiger partial charge in [0.05, 0.1) is 5.92 Å². The Bertz CT molecular complexity index is 684. The van der Waals surface area contributed by atoms with Gasteiger partial charge in [-0.15, -0.1) is 0 Å². The Labute approximate surface area is 142 Å². The van der Waals surface area contributed by atoms with Gasteiger partial charge in [-0.1, -0.05) is 37.3 Å². The van der Waals surface area contributed by atoms with E-state index in [9.17, 15) is 9.59 Å². The Morgan fingerprint density at radius 1 is 1.04 bits per heavy atom. The quantitative estimate of drug-likeness (QED) is 0.763. The molecule has 0 bridgehead atoms. The average molecular weight is 325 g/mol. The van der Waals surface area contributed by atoms with Crippen molar-refractivity contribution in [2.75, 3.05) is 11.9 Å². The zero-order valence-electron chi connectivity index (χ0n) is 14.0. The molecule has 2 atom stereocenters. The Balaban J connectivity index is 2.00. The molecule has 2 amide bonds. The highest BCUT2D eigenvalue weighted by molar-refractivity contribution is 5.96. The van der Waals surface area contributed by atoms with Crippen molar-refractivity contribution in [1.29, 1.82) is 0 Å². The number of amides is 2. The maximum Gasteiger partial charge on any atom is 0.251 e. The lowest BCUT2D eigenvalue weighted by Crippen LogP contribution is -2.30. The Morgan fingerprint density at radius 3 is 2.25 bits per heavy atom. The minimum absolute atomic E-state index is 0.130. The van der Waals surface area contributed by atoms with Gasteiger partial charge in [0, 0.05) is 23.8 Å². The molecule has 0 heterocycles. The lowest BCUT2D eigenvalue weighted by atomic mass is 9.94. The molecule has 0 saturated carbocycles. The summed E-state index contributed by atoms with van der Waals surface area (Å²) >= 11 is 0. The van der Waals surface area contributed by atoms with Crippen molar-refractivity contribution in [3.05, 3.63) is 65.7 Å². The fourth-order valence-electron chi connectivity index (χ4n) is 2.35. The van der Waals surface area contributed by atoms with E-state index in [0.29, 0.717) is 17.8 Å². The van der Waals surface area contributed by atoms with Crippen molar-refractivity contribution in [3.8, 4) is 0 Å². The van der Waals surface area contributed by atoms with E-state index < -0.39 is 0 Å². The third kappa shape index (κ3) is 4.43. The van der Waals surface area contributed by atoms with Gasteiger partial charge >= 0.3 is 0 Å². The number of benzene rings is 2. The molecule has 0 saturated heterocycles. The molecule has 0 spiro atoms. The normalized spacial score (nSPS) is 13.0. The number of carbonyl (C=O) groups excluding carboxylic acids is 2. The summed E-state index contributed by atoms with van der Waals surface area (Å²) in [5.41, 5.74) is 8.30. The summed E-state index contributed by atoms with van der Waals surface area (Å²) in [6, 6.07) is 16.0. The zero-order chi connectivity index (χ0) is 17.5. The molecule has 2 unspecified atom stereocenters. The van der Waals surface area contributed by atoms with Crippen LogP contribution in [0.5, 0.6) is 0 Å². The van der Waals surface area contributed by atoms with Crippen LogP contribution >= 0.6 is 0 Å². The molecule has 0 aliphatic heterocycles. The summed E-state index contributed by atoms with van der Waals surface area (Å²) in [6.07, 6.45) is 0. The van der Waals surface area contributed by atoms with Crippen LogP contribution in [0.1, 0.15) is 35.8 Å². The number of anilines is 1. The van der Waals surface area contributed by atoms with Gasteiger partial charge in [0.1, 0.15) is 0 Å². The van der Waals surface area contributed by atoms with Gasteiger partial charge in [0.25, 0.3) is 5.91 Å². The number of rotatable bonds is 6. The van der Waals surface area contributed by atoms with Gasteiger partial charge < -0.3 is 16.4 Å². The maximum atomic E-state index is 12.4. The van der Waals surface area contributed by atoms with Crippen molar-refractivity contribution in [2.24, 2.45) is 11.7 Å². The maximum absolute atomic E-state index is 12.4. The zero-order valence-corrected chi connectivity index (χ0v) is 14.0. The van der Waals surface area contributed by atoms with Crippen LogP contribution < -0.4 is 16.4 Å². The van der Waals surface area contributed by atoms with Gasteiger partial charge in [0.15, 0.2) is 0 Å². The van der Waals surface area contributed by atoms with E-state index in [1.165, 1.54) is 0 Å². The molecule has 0 radical (unpaired) electrons. The third-order valence-corrected chi connectivity index (χ3v) is 3.89. The van der Waals surface area contributed by atoms with Crippen LogP contribution in [-0.2, 0) is 4.79 Å². The Morgan fingerprint density at radius 2 is 1.67 bits per heavy atom. The van der Waals surface area contributed by atoms with Crippen LogP contribution in [0.3, 0.4) is 0 Å². The number of carbonyl (C=O) groups is 2. The first-order valence-electron chi connectivity index (χ1n) is 8.02. The molecule has 24 heavy (non-hydrogen) atoms. The predicted octanol–water partition coefficient (Wildman–Crippen LogP) is 2.71. The summed E-state index contributed by atoms with van der Waals surface area (Å²) in [6.45, 7) is 4.24. The molecular formula is C19H23N3O2. The monoisotopic (exact) mass is 325 g/mol. The first-order chi connectivity index (χ1) is 11.5. The van der Waals surface area contributed by atoms with Gasteiger partial charge in [-0.2, -0.15) is 0 Å². The molecular weight excluding hydrogens is 302 g/mol. The SMILES string of the molecule is CCNC(=O)c1ccc(NC(=O)C(C)C(N)c2ccccc2)cc1. The summed E-state index contributed by atoms with van der Waals surface area (Å²) in [4.78, 5) is 24.1. The summed E-state index contributed by atoms with van der Waals surface area (Å²) in [5, 5.41) is 5.57. The van der Waals surface area contributed by atoms with E-state index in [0.717, 1.165) is 5.56 Å². The minimum Gasteiger partial charge on any atom is -0.352 e. The minimum atomic E-state index is -0.379. The van der Waals surface area contributed by atoms with Crippen molar-refractivity contribution in [3.63, 3.8) is 0 Å². The largest absolute Gasteiger partial charge is 0.352 e. The first kappa shape index (κ1) is 17.7. The smallest absolute Gasteiger partial charge is 0.251 e. The van der Waals surface area contributed by atoms with Crippen LogP contribution in [0.15, 0.2) is 54.6 Å². The molecule has 0 fully saturated rings.